The molecule has 198 valence electrons. The molecule has 0 saturated carbocycles. The molecule has 8 rings (SSSR count). The minimum absolute atomic E-state index is 0.00934. The van der Waals surface area contributed by atoms with E-state index in [1.807, 2.05) is 54.6 Å². The molecule has 0 N–H and O–H groups in total. The zero-order valence-electron chi connectivity index (χ0n) is 34.9. The number of para-hydroxylation sites is 1. The summed E-state index contributed by atoms with van der Waals surface area (Å²) >= 11 is 0. The van der Waals surface area contributed by atoms with Crippen LogP contribution in [0.5, 0.6) is 0 Å². The van der Waals surface area contributed by atoms with E-state index < -0.39 is 84.1 Å². The van der Waals surface area contributed by atoms with Crippen molar-refractivity contribution in [2.75, 3.05) is 4.90 Å². The van der Waals surface area contributed by atoms with Crippen LogP contribution in [0.25, 0.3) is 55.0 Å². The molecule has 0 spiro atoms. The average molecular weight is 551 g/mol. The van der Waals surface area contributed by atoms with E-state index in [9.17, 15) is 2.74 Å². The van der Waals surface area contributed by atoms with Crippen LogP contribution in [0.3, 0.4) is 0 Å². The van der Waals surface area contributed by atoms with Gasteiger partial charge in [0.05, 0.1) is 28.9 Å². The molecule has 0 atom stereocenters. The summed E-state index contributed by atoms with van der Waals surface area (Å²) in [7, 11) is 0. The second-order valence-electron chi connectivity index (χ2n) is 9.57. The first-order valence-electron chi connectivity index (χ1n) is 19.7. The molecule has 2 heteroatoms. The Balaban J connectivity index is 1.59. The van der Waals surface area contributed by atoms with Crippen LogP contribution in [0.4, 0.5) is 17.1 Å². The molecular formula is C40H27NO. The van der Waals surface area contributed by atoms with Crippen molar-refractivity contribution in [3.63, 3.8) is 0 Å². The molecule has 1 heterocycles. The molecular weight excluding hydrogens is 510 g/mol. The molecule has 0 saturated heterocycles. The highest BCUT2D eigenvalue weighted by Gasteiger charge is 2.21. The number of hydrogen-bond donors (Lipinski definition) is 0. The summed E-state index contributed by atoms with van der Waals surface area (Å²) in [5.41, 5.74) is 1.65. The van der Waals surface area contributed by atoms with Crippen molar-refractivity contribution in [1.82, 2.24) is 0 Å². The maximum atomic E-state index is 9.77. The molecule has 0 bridgehead atoms. The van der Waals surface area contributed by atoms with Gasteiger partial charge in [-0.3, -0.25) is 0 Å². The lowest BCUT2D eigenvalue weighted by Crippen LogP contribution is -2.10. The summed E-state index contributed by atoms with van der Waals surface area (Å²) in [4.78, 5) is 1.68. The van der Waals surface area contributed by atoms with Crippen LogP contribution < -0.4 is 4.90 Å². The topological polar surface area (TPSA) is 16.4 Å². The summed E-state index contributed by atoms with van der Waals surface area (Å²) in [6.07, 6.45) is 0. The quantitative estimate of drug-likeness (QED) is 0.212. The van der Waals surface area contributed by atoms with E-state index in [2.05, 4.69) is 0 Å². The summed E-state index contributed by atoms with van der Waals surface area (Å²) in [6, 6.07) is 18.1. The van der Waals surface area contributed by atoms with Gasteiger partial charge in [-0.2, -0.15) is 0 Å². The minimum atomic E-state index is -0.711. The summed E-state index contributed by atoms with van der Waals surface area (Å²) in [5.74, 6) is 0. The van der Waals surface area contributed by atoms with Crippen LogP contribution in [0.2, 0.25) is 0 Å². The largest absolute Gasteiger partial charge is 0.455 e. The monoisotopic (exact) mass is 550 g/mol. The van der Waals surface area contributed by atoms with E-state index >= 15 is 0 Å². The Morgan fingerprint density at radius 1 is 0.500 bits per heavy atom. The van der Waals surface area contributed by atoms with Gasteiger partial charge in [-0.05, 0) is 70.0 Å². The molecule has 8 aromatic rings. The fourth-order valence-electron chi connectivity index (χ4n) is 5.26. The normalized spacial score (nSPS) is 15.7. The number of fused-ring (bicyclic) bond motifs is 5. The highest BCUT2D eigenvalue weighted by molar-refractivity contribution is 6.22. The zero-order chi connectivity index (χ0) is 39.2. The third-order valence-corrected chi connectivity index (χ3v) is 7.14. The smallest absolute Gasteiger partial charge is 0.143 e. The van der Waals surface area contributed by atoms with Crippen molar-refractivity contribution in [3.8, 4) is 22.3 Å². The van der Waals surface area contributed by atoms with Crippen LogP contribution in [0.1, 0.15) is 17.8 Å². The number of nitrogens with zero attached hydrogens (tertiary/aromatic N) is 1. The van der Waals surface area contributed by atoms with E-state index in [0.717, 1.165) is 11.1 Å². The van der Waals surface area contributed by atoms with E-state index in [1.54, 1.807) is 35.2 Å². The second-order valence-corrected chi connectivity index (χ2v) is 9.57. The van der Waals surface area contributed by atoms with Gasteiger partial charge in [0.2, 0.25) is 0 Å². The highest BCUT2D eigenvalue weighted by Crippen LogP contribution is 2.46. The molecule has 0 aliphatic carbocycles. The van der Waals surface area contributed by atoms with E-state index in [-0.39, 0.29) is 44.0 Å². The van der Waals surface area contributed by atoms with Gasteiger partial charge >= 0.3 is 0 Å². The van der Waals surface area contributed by atoms with Gasteiger partial charge in [0.1, 0.15) is 11.2 Å². The summed E-state index contributed by atoms with van der Waals surface area (Å²) < 4.78 is 121. The van der Waals surface area contributed by atoms with Crippen LogP contribution in [0.15, 0.2) is 168 Å². The van der Waals surface area contributed by atoms with Gasteiger partial charge in [-0.25, -0.2) is 0 Å². The summed E-state index contributed by atoms with van der Waals surface area (Å²) in [5, 5.41) is -0.710. The summed E-state index contributed by atoms with van der Waals surface area (Å²) in [6.45, 7) is 0. The molecule has 0 unspecified atom stereocenters. The van der Waals surface area contributed by atoms with Crippen LogP contribution in [-0.2, 0) is 0 Å². The average Bonchev–Trinajstić information content (AvgIpc) is 3.60. The van der Waals surface area contributed by atoms with Gasteiger partial charge < -0.3 is 9.32 Å². The fraction of sp³-hybridized carbons (Fsp3) is 0. The first kappa shape index (κ1) is 14.3. The number of anilines is 3. The van der Waals surface area contributed by atoms with Crippen molar-refractivity contribution >= 4 is 49.8 Å². The van der Waals surface area contributed by atoms with E-state index in [4.69, 9.17) is 19.5 Å². The third-order valence-electron chi connectivity index (χ3n) is 7.14. The highest BCUT2D eigenvalue weighted by atomic mass is 16.3. The zero-order valence-corrected chi connectivity index (χ0v) is 21.9. The van der Waals surface area contributed by atoms with Gasteiger partial charge in [0.25, 0.3) is 0 Å². The van der Waals surface area contributed by atoms with Gasteiger partial charge in [-0.15, -0.1) is 0 Å². The molecule has 42 heavy (non-hydrogen) atoms. The Labute approximate surface area is 263 Å². The maximum absolute atomic E-state index is 9.77. The fourth-order valence-corrected chi connectivity index (χ4v) is 5.26. The SMILES string of the molecule is [2H]c1c([2H])c([2H])c(-c2c([2H])c3c(oc4c([2H])c([2H])c([2H])c(N(c5ccccc5)c5ccc(-c6ccccc6)cc5)c43)c3c([2H])c([2H])c([2H])c([2H])c23)c([2H])c1[2H]. The Morgan fingerprint density at radius 2 is 1.14 bits per heavy atom. The lowest BCUT2D eigenvalue weighted by molar-refractivity contribution is 0.672. The lowest BCUT2D eigenvalue weighted by atomic mass is 9.95. The van der Waals surface area contributed by atoms with Crippen LogP contribution in [0, 0.1) is 0 Å². The number of furan rings is 1. The molecule has 7 aromatic carbocycles. The third kappa shape index (κ3) is 4.05. The number of hydrogen-bond acceptors (Lipinski definition) is 2. The number of benzene rings is 7. The first-order valence-corrected chi connectivity index (χ1v) is 13.2. The molecule has 2 nitrogen and oxygen atoms in total. The van der Waals surface area contributed by atoms with Crippen molar-refractivity contribution in [2.24, 2.45) is 0 Å². The molecule has 0 aliphatic heterocycles. The molecule has 0 aliphatic rings. The van der Waals surface area contributed by atoms with Gasteiger partial charge in [0, 0.05) is 22.1 Å². The minimum Gasteiger partial charge on any atom is -0.455 e. The Bertz CT molecular complexity index is 2870. The van der Waals surface area contributed by atoms with Crippen molar-refractivity contribution in [3.05, 3.63) is 163 Å². The van der Waals surface area contributed by atoms with Gasteiger partial charge in [0.15, 0.2) is 0 Å². The van der Waals surface area contributed by atoms with Crippen molar-refractivity contribution in [1.29, 1.82) is 0 Å². The van der Waals surface area contributed by atoms with Crippen molar-refractivity contribution < 1.29 is 22.2 Å². The molecule has 1 aromatic heterocycles. The Kier molecular flexibility index (Phi) is 3.45. The Morgan fingerprint density at radius 3 is 1.90 bits per heavy atom. The number of rotatable bonds is 5. The first-order chi connectivity index (χ1) is 26.3. The van der Waals surface area contributed by atoms with E-state index in [1.165, 1.54) is 0 Å². The Hall–Kier alpha value is -5.60. The van der Waals surface area contributed by atoms with Gasteiger partial charge in [-0.1, -0.05) is 121 Å². The predicted molar refractivity (Wildman–Crippen MR) is 177 cm³/mol. The molecule has 0 fully saturated rings. The van der Waals surface area contributed by atoms with Crippen molar-refractivity contribution in [2.45, 2.75) is 0 Å². The van der Waals surface area contributed by atoms with E-state index in [0.29, 0.717) is 11.4 Å². The lowest BCUT2D eigenvalue weighted by Gasteiger charge is -2.26. The predicted octanol–water partition coefficient (Wildman–Crippen LogP) is 11.5. The van der Waals surface area contributed by atoms with Crippen LogP contribution in [-0.4, -0.2) is 0 Å². The second kappa shape index (κ2) is 10.1. The van der Waals surface area contributed by atoms with Crippen LogP contribution >= 0.6 is 0 Å². The molecule has 0 radical (unpaired) electrons. The molecule has 0 amide bonds. The maximum Gasteiger partial charge on any atom is 0.143 e. The standard InChI is InChI=1S/C40H27NO/c1-4-13-28(14-5-1)29-23-25-32(26-24-29)41(31-17-8-3-9-18-31)37-21-12-22-38-39(37)36-27-35(30-15-6-2-7-16-30)33-19-10-11-20-34(33)40(36)42-38/h1-27H/i2D,6D,7D,10D,11D,12D,15D,16D,19D,20D,21D,22D,27D.